The Labute approximate surface area is 124 Å². The molecule has 1 aromatic carbocycles. The van der Waals surface area contributed by atoms with Gasteiger partial charge < -0.3 is 5.73 Å². The van der Waals surface area contributed by atoms with Crippen molar-refractivity contribution in [3.8, 4) is 0 Å². The zero-order valence-electron chi connectivity index (χ0n) is 10.8. The maximum Gasteiger partial charge on any atom is 0.416 e. The van der Waals surface area contributed by atoms with E-state index >= 15 is 0 Å². The van der Waals surface area contributed by atoms with Crippen LogP contribution >= 0.6 is 23.1 Å². The molecule has 20 heavy (non-hydrogen) atoms. The lowest BCUT2D eigenvalue weighted by atomic mass is 10.2. The van der Waals surface area contributed by atoms with Crippen LogP contribution in [-0.4, -0.2) is 0 Å². The van der Waals surface area contributed by atoms with E-state index in [0.29, 0.717) is 4.90 Å². The van der Waals surface area contributed by atoms with E-state index in [0.717, 1.165) is 24.3 Å². The molecule has 1 heterocycles. The molecule has 6 heteroatoms. The summed E-state index contributed by atoms with van der Waals surface area (Å²) in [5.74, 6) is 0.722. The summed E-state index contributed by atoms with van der Waals surface area (Å²) in [6.45, 7) is 2.09. The van der Waals surface area contributed by atoms with Gasteiger partial charge in [-0.1, -0.05) is 6.92 Å². The number of hydrogen-bond acceptors (Lipinski definition) is 3. The van der Waals surface area contributed by atoms with Gasteiger partial charge in [-0.05, 0) is 36.8 Å². The number of rotatable bonds is 4. The number of nitrogens with two attached hydrogens (primary N) is 1. The molecule has 0 radical (unpaired) electrons. The first kappa shape index (κ1) is 15.3. The number of halogens is 3. The van der Waals surface area contributed by atoms with Crippen molar-refractivity contribution in [3.05, 3.63) is 45.6 Å². The Bertz CT molecular complexity index is 590. The SMILES string of the molecule is CCc1ccc(CSc2ccc(C(F)(F)F)cc2N)s1. The Morgan fingerprint density at radius 1 is 1.15 bits per heavy atom. The fraction of sp³-hybridized carbons (Fsp3) is 0.286. The molecule has 108 valence electrons. The highest BCUT2D eigenvalue weighted by Crippen LogP contribution is 2.35. The van der Waals surface area contributed by atoms with Crippen LogP contribution in [0.25, 0.3) is 0 Å². The van der Waals surface area contributed by atoms with E-state index in [2.05, 4.69) is 19.1 Å². The first-order chi connectivity index (χ1) is 9.40. The maximum atomic E-state index is 12.5. The van der Waals surface area contributed by atoms with E-state index in [1.54, 1.807) is 11.3 Å². The van der Waals surface area contributed by atoms with Gasteiger partial charge in [-0.3, -0.25) is 0 Å². The predicted octanol–water partition coefficient (Wildman–Crippen LogP) is 5.20. The largest absolute Gasteiger partial charge is 0.416 e. The number of alkyl halides is 3. The molecular weight excluding hydrogens is 303 g/mol. The highest BCUT2D eigenvalue weighted by molar-refractivity contribution is 7.98. The number of thioether (sulfide) groups is 1. The molecule has 1 nitrogen and oxygen atoms in total. The minimum atomic E-state index is -4.35. The van der Waals surface area contributed by atoms with E-state index in [4.69, 9.17) is 5.73 Å². The molecule has 0 aliphatic heterocycles. The fourth-order valence-electron chi connectivity index (χ4n) is 1.70. The fourth-order valence-corrected chi connectivity index (χ4v) is 3.64. The Morgan fingerprint density at radius 3 is 2.40 bits per heavy atom. The van der Waals surface area contributed by atoms with E-state index in [1.807, 2.05) is 0 Å². The highest BCUT2D eigenvalue weighted by Gasteiger charge is 2.30. The van der Waals surface area contributed by atoms with Gasteiger partial charge in [-0.15, -0.1) is 23.1 Å². The third-order valence-corrected chi connectivity index (χ3v) is 5.32. The lowest BCUT2D eigenvalue weighted by Crippen LogP contribution is -2.05. The molecule has 2 N–H and O–H groups in total. The molecule has 2 rings (SSSR count). The minimum Gasteiger partial charge on any atom is -0.398 e. The summed E-state index contributed by atoms with van der Waals surface area (Å²) >= 11 is 3.19. The molecule has 0 saturated heterocycles. The second-order valence-electron chi connectivity index (χ2n) is 4.26. The molecule has 0 atom stereocenters. The molecule has 1 aromatic heterocycles. The number of benzene rings is 1. The van der Waals surface area contributed by atoms with Crippen molar-refractivity contribution >= 4 is 28.8 Å². The van der Waals surface area contributed by atoms with Crippen molar-refractivity contribution < 1.29 is 13.2 Å². The van der Waals surface area contributed by atoms with Crippen LogP contribution in [0.15, 0.2) is 35.2 Å². The summed E-state index contributed by atoms with van der Waals surface area (Å²) in [7, 11) is 0. The van der Waals surface area contributed by atoms with Gasteiger partial charge in [0, 0.05) is 26.1 Å². The summed E-state index contributed by atoms with van der Waals surface area (Å²) in [5, 5.41) is 0. The Hall–Kier alpha value is -1.14. The van der Waals surface area contributed by atoms with Gasteiger partial charge in [0.25, 0.3) is 0 Å². The average molecular weight is 317 g/mol. The summed E-state index contributed by atoms with van der Waals surface area (Å²) < 4.78 is 37.6. The van der Waals surface area contributed by atoms with Crippen LogP contribution in [0, 0.1) is 0 Å². The summed E-state index contributed by atoms with van der Waals surface area (Å²) in [4.78, 5) is 3.19. The van der Waals surface area contributed by atoms with Gasteiger partial charge in [0.05, 0.1) is 5.56 Å². The van der Waals surface area contributed by atoms with Crippen molar-refractivity contribution in [3.63, 3.8) is 0 Å². The third kappa shape index (κ3) is 3.70. The average Bonchev–Trinajstić information content (AvgIpc) is 2.84. The van der Waals surface area contributed by atoms with Crippen LogP contribution in [0.1, 0.15) is 22.2 Å². The van der Waals surface area contributed by atoms with Gasteiger partial charge in [-0.2, -0.15) is 13.2 Å². The van der Waals surface area contributed by atoms with Crippen molar-refractivity contribution in [2.45, 2.75) is 30.2 Å². The second kappa shape index (κ2) is 6.10. The van der Waals surface area contributed by atoms with Gasteiger partial charge in [0.15, 0.2) is 0 Å². The van der Waals surface area contributed by atoms with Crippen molar-refractivity contribution in [2.75, 3.05) is 5.73 Å². The summed E-state index contributed by atoms with van der Waals surface area (Å²) in [6, 6.07) is 7.64. The van der Waals surface area contributed by atoms with Crippen molar-refractivity contribution in [2.24, 2.45) is 0 Å². The Morgan fingerprint density at radius 2 is 1.85 bits per heavy atom. The molecule has 0 aliphatic carbocycles. The number of hydrogen-bond donors (Lipinski definition) is 1. The number of aryl methyl sites for hydroxylation is 1. The van der Waals surface area contributed by atoms with Crippen LogP contribution in [0.2, 0.25) is 0 Å². The maximum absolute atomic E-state index is 12.5. The van der Waals surface area contributed by atoms with Crippen LogP contribution in [0.5, 0.6) is 0 Å². The molecule has 0 aliphatic rings. The Kier molecular flexibility index (Phi) is 4.65. The zero-order valence-corrected chi connectivity index (χ0v) is 12.5. The summed E-state index contributed by atoms with van der Waals surface area (Å²) in [6.07, 6.45) is -3.35. The lowest BCUT2D eigenvalue weighted by Gasteiger charge is -2.10. The molecule has 0 bridgehead atoms. The van der Waals surface area contributed by atoms with Gasteiger partial charge >= 0.3 is 6.18 Å². The van der Waals surface area contributed by atoms with Gasteiger partial charge in [0.1, 0.15) is 0 Å². The number of thiophene rings is 1. The number of anilines is 1. The monoisotopic (exact) mass is 317 g/mol. The van der Waals surface area contributed by atoms with E-state index in [9.17, 15) is 13.2 Å². The highest BCUT2D eigenvalue weighted by atomic mass is 32.2. The molecule has 0 saturated carbocycles. The minimum absolute atomic E-state index is 0.178. The summed E-state index contributed by atoms with van der Waals surface area (Å²) in [5.41, 5.74) is 5.17. The Balaban J connectivity index is 2.06. The van der Waals surface area contributed by atoms with Crippen LogP contribution < -0.4 is 5.73 Å². The molecule has 0 amide bonds. The molecule has 2 aromatic rings. The smallest absolute Gasteiger partial charge is 0.398 e. The van der Waals surface area contributed by atoms with Crippen LogP contribution in [0.3, 0.4) is 0 Å². The molecule has 0 unspecified atom stereocenters. The molecule has 0 fully saturated rings. The van der Waals surface area contributed by atoms with Crippen LogP contribution in [0.4, 0.5) is 18.9 Å². The van der Waals surface area contributed by atoms with Gasteiger partial charge in [-0.25, -0.2) is 0 Å². The lowest BCUT2D eigenvalue weighted by molar-refractivity contribution is -0.137. The molecular formula is C14H14F3NS2. The van der Waals surface area contributed by atoms with E-state index in [1.165, 1.54) is 27.6 Å². The zero-order chi connectivity index (χ0) is 14.8. The van der Waals surface area contributed by atoms with E-state index in [-0.39, 0.29) is 5.69 Å². The van der Waals surface area contributed by atoms with E-state index < -0.39 is 11.7 Å². The second-order valence-corrected chi connectivity index (χ2v) is 6.53. The predicted molar refractivity (Wildman–Crippen MR) is 79.1 cm³/mol. The quantitative estimate of drug-likeness (QED) is 0.619. The topological polar surface area (TPSA) is 26.0 Å². The normalized spacial score (nSPS) is 11.8. The first-order valence-electron chi connectivity index (χ1n) is 6.07. The standard InChI is InChI=1S/C14H14F3NS2/c1-2-10-4-5-11(20-10)8-19-13-6-3-9(7-12(13)18)14(15,16)17/h3-7H,2,8,18H2,1H3. The number of nitrogen functional groups attached to an aromatic ring is 1. The first-order valence-corrected chi connectivity index (χ1v) is 7.87. The third-order valence-electron chi connectivity index (χ3n) is 2.77. The van der Waals surface area contributed by atoms with Gasteiger partial charge in [0.2, 0.25) is 0 Å². The van der Waals surface area contributed by atoms with Crippen LogP contribution in [-0.2, 0) is 18.3 Å². The van der Waals surface area contributed by atoms with Crippen molar-refractivity contribution in [1.29, 1.82) is 0 Å². The van der Waals surface area contributed by atoms with Crippen molar-refractivity contribution in [1.82, 2.24) is 0 Å². The molecule has 0 spiro atoms.